The van der Waals surface area contributed by atoms with Crippen LogP contribution in [0.15, 0.2) is 53.4 Å². The first-order valence-corrected chi connectivity index (χ1v) is 11.1. The van der Waals surface area contributed by atoms with Crippen molar-refractivity contribution in [1.82, 2.24) is 9.80 Å². The van der Waals surface area contributed by atoms with Crippen LogP contribution >= 0.6 is 11.8 Å². The van der Waals surface area contributed by atoms with Crippen molar-refractivity contribution in [1.29, 1.82) is 0 Å². The van der Waals surface area contributed by atoms with E-state index in [1.165, 1.54) is 11.1 Å². The fraction of sp³-hybridized carbons (Fsp3) is 0.435. The zero-order valence-electron chi connectivity index (χ0n) is 17.0. The molecule has 0 bridgehead atoms. The van der Waals surface area contributed by atoms with Gasteiger partial charge in [0.2, 0.25) is 5.91 Å². The van der Waals surface area contributed by atoms with E-state index in [9.17, 15) is 9.90 Å². The number of rotatable bonds is 9. The SMILES string of the molecule is CN(Cc1ccccc1CN1CCOCC1)C(=O)CCCSc1ccc(O)cc1. The number of carbonyl (C=O) groups excluding carboxylic acids is 1. The minimum Gasteiger partial charge on any atom is -0.508 e. The Morgan fingerprint density at radius 1 is 1.10 bits per heavy atom. The molecule has 1 aliphatic heterocycles. The third-order valence-corrected chi connectivity index (χ3v) is 6.19. The van der Waals surface area contributed by atoms with E-state index in [1.54, 1.807) is 23.9 Å². The van der Waals surface area contributed by atoms with Gasteiger partial charge in [-0.2, -0.15) is 0 Å². The number of phenolic OH excluding ortho intramolecular Hbond substituents is 1. The molecule has 0 aliphatic carbocycles. The maximum Gasteiger partial charge on any atom is 0.222 e. The maximum absolute atomic E-state index is 12.6. The smallest absolute Gasteiger partial charge is 0.222 e. The number of aromatic hydroxyl groups is 1. The largest absolute Gasteiger partial charge is 0.508 e. The molecule has 0 saturated carbocycles. The molecule has 0 radical (unpaired) electrons. The number of phenols is 1. The monoisotopic (exact) mass is 414 g/mol. The summed E-state index contributed by atoms with van der Waals surface area (Å²) in [7, 11) is 1.89. The zero-order valence-corrected chi connectivity index (χ0v) is 17.9. The first kappa shape index (κ1) is 21.7. The quantitative estimate of drug-likeness (QED) is 0.500. The molecule has 1 N–H and O–H groups in total. The highest BCUT2D eigenvalue weighted by Crippen LogP contribution is 2.22. The predicted molar refractivity (Wildman–Crippen MR) is 117 cm³/mol. The predicted octanol–water partition coefficient (Wildman–Crippen LogP) is 3.76. The van der Waals surface area contributed by atoms with Gasteiger partial charge in [-0.1, -0.05) is 24.3 Å². The molecule has 1 saturated heterocycles. The number of hydrogen-bond donors (Lipinski definition) is 1. The molecule has 156 valence electrons. The number of carbonyl (C=O) groups is 1. The van der Waals surface area contributed by atoms with Crippen LogP contribution in [0.25, 0.3) is 0 Å². The van der Waals surface area contributed by atoms with Crippen LogP contribution in [-0.4, -0.2) is 59.9 Å². The van der Waals surface area contributed by atoms with E-state index in [4.69, 9.17) is 4.74 Å². The Balaban J connectivity index is 1.44. The van der Waals surface area contributed by atoms with Crippen molar-refractivity contribution < 1.29 is 14.6 Å². The second-order valence-electron chi connectivity index (χ2n) is 7.35. The average Bonchev–Trinajstić information content (AvgIpc) is 2.74. The fourth-order valence-corrected chi connectivity index (χ4v) is 4.21. The van der Waals surface area contributed by atoms with Crippen LogP contribution in [0.2, 0.25) is 0 Å². The molecule has 0 unspecified atom stereocenters. The fourth-order valence-electron chi connectivity index (χ4n) is 3.36. The highest BCUT2D eigenvalue weighted by molar-refractivity contribution is 7.99. The van der Waals surface area contributed by atoms with Crippen molar-refractivity contribution in [3.05, 3.63) is 59.7 Å². The van der Waals surface area contributed by atoms with Crippen molar-refractivity contribution >= 4 is 17.7 Å². The molecule has 1 heterocycles. The molecule has 0 aromatic heterocycles. The molecular formula is C23H30N2O3S. The number of morpholine rings is 1. The highest BCUT2D eigenvalue weighted by atomic mass is 32.2. The molecule has 6 heteroatoms. The van der Waals surface area contributed by atoms with E-state index in [0.717, 1.165) is 49.9 Å². The van der Waals surface area contributed by atoms with Gasteiger partial charge in [0.05, 0.1) is 13.2 Å². The lowest BCUT2D eigenvalue weighted by atomic mass is 10.1. The van der Waals surface area contributed by atoms with Gasteiger partial charge in [-0.15, -0.1) is 11.8 Å². The molecule has 29 heavy (non-hydrogen) atoms. The number of hydrogen-bond acceptors (Lipinski definition) is 5. The van der Waals surface area contributed by atoms with Crippen LogP contribution < -0.4 is 0 Å². The molecular weight excluding hydrogens is 384 g/mol. The van der Waals surface area contributed by atoms with Crippen LogP contribution in [-0.2, 0) is 22.6 Å². The van der Waals surface area contributed by atoms with E-state index in [2.05, 4.69) is 23.1 Å². The molecule has 5 nitrogen and oxygen atoms in total. The Labute approximate surface area is 177 Å². The standard InChI is InChI=1S/C23H30N2O3S/c1-24(23(27)7-4-16-29-22-10-8-21(26)9-11-22)17-19-5-2-3-6-20(19)18-25-12-14-28-15-13-25/h2-3,5-6,8-11,26H,4,7,12-18H2,1H3. The van der Waals surface area contributed by atoms with Gasteiger partial charge in [-0.25, -0.2) is 0 Å². The number of thioether (sulfide) groups is 1. The molecule has 0 spiro atoms. The summed E-state index contributed by atoms with van der Waals surface area (Å²) in [6, 6.07) is 15.6. The van der Waals surface area contributed by atoms with Gasteiger partial charge >= 0.3 is 0 Å². The Morgan fingerprint density at radius 2 is 1.79 bits per heavy atom. The van der Waals surface area contributed by atoms with Gasteiger partial charge in [0.25, 0.3) is 0 Å². The van der Waals surface area contributed by atoms with Gasteiger partial charge in [0.15, 0.2) is 0 Å². The molecule has 1 fully saturated rings. The van der Waals surface area contributed by atoms with Gasteiger partial charge in [0, 0.05) is 44.5 Å². The Morgan fingerprint density at radius 3 is 2.52 bits per heavy atom. The van der Waals surface area contributed by atoms with E-state index < -0.39 is 0 Å². The summed E-state index contributed by atoms with van der Waals surface area (Å²) >= 11 is 1.71. The lowest BCUT2D eigenvalue weighted by Gasteiger charge is -2.28. The summed E-state index contributed by atoms with van der Waals surface area (Å²) in [5.41, 5.74) is 2.50. The van der Waals surface area contributed by atoms with E-state index in [0.29, 0.717) is 13.0 Å². The summed E-state index contributed by atoms with van der Waals surface area (Å²) in [6.45, 7) is 5.06. The second kappa shape index (κ2) is 11.2. The van der Waals surface area contributed by atoms with Crippen molar-refractivity contribution in [2.45, 2.75) is 30.8 Å². The van der Waals surface area contributed by atoms with Crippen LogP contribution in [0.5, 0.6) is 5.75 Å². The molecule has 1 amide bonds. The number of ether oxygens (including phenoxy) is 1. The number of amides is 1. The lowest BCUT2D eigenvalue weighted by Crippen LogP contribution is -2.36. The first-order chi connectivity index (χ1) is 14.1. The Hall–Kier alpha value is -2.02. The van der Waals surface area contributed by atoms with Crippen molar-refractivity contribution in [3.63, 3.8) is 0 Å². The number of nitrogens with zero attached hydrogens (tertiary/aromatic N) is 2. The normalized spacial score (nSPS) is 14.7. The van der Waals surface area contributed by atoms with Crippen molar-refractivity contribution in [3.8, 4) is 5.75 Å². The Kier molecular flexibility index (Phi) is 8.40. The molecule has 0 atom stereocenters. The molecule has 1 aliphatic rings. The summed E-state index contributed by atoms with van der Waals surface area (Å²) in [4.78, 5) is 17.9. The van der Waals surface area contributed by atoms with Crippen molar-refractivity contribution in [2.24, 2.45) is 0 Å². The van der Waals surface area contributed by atoms with E-state index in [-0.39, 0.29) is 11.7 Å². The Bertz CT molecular complexity index is 776. The molecule has 2 aromatic carbocycles. The summed E-state index contributed by atoms with van der Waals surface area (Å²) in [5.74, 6) is 1.34. The highest BCUT2D eigenvalue weighted by Gasteiger charge is 2.15. The van der Waals surface area contributed by atoms with E-state index in [1.807, 2.05) is 30.1 Å². The van der Waals surface area contributed by atoms with Crippen molar-refractivity contribution in [2.75, 3.05) is 39.1 Å². The first-order valence-electron chi connectivity index (χ1n) is 10.1. The van der Waals surface area contributed by atoms with Gasteiger partial charge in [-0.3, -0.25) is 9.69 Å². The van der Waals surface area contributed by atoms with Crippen LogP contribution in [0.1, 0.15) is 24.0 Å². The van der Waals surface area contributed by atoms with Crippen LogP contribution in [0, 0.1) is 0 Å². The average molecular weight is 415 g/mol. The summed E-state index contributed by atoms with van der Waals surface area (Å²) in [5, 5.41) is 9.33. The third-order valence-electron chi connectivity index (χ3n) is 5.09. The maximum atomic E-state index is 12.6. The summed E-state index contributed by atoms with van der Waals surface area (Å²) in [6.07, 6.45) is 1.39. The van der Waals surface area contributed by atoms with Gasteiger partial charge < -0.3 is 14.7 Å². The van der Waals surface area contributed by atoms with E-state index >= 15 is 0 Å². The van der Waals surface area contributed by atoms with Crippen LogP contribution in [0.4, 0.5) is 0 Å². The summed E-state index contributed by atoms with van der Waals surface area (Å²) < 4.78 is 5.44. The third kappa shape index (κ3) is 7.07. The van der Waals surface area contributed by atoms with Gasteiger partial charge in [0.1, 0.15) is 5.75 Å². The lowest BCUT2D eigenvalue weighted by molar-refractivity contribution is -0.130. The van der Waals surface area contributed by atoms with Gasteiger partial charge in [-0.05, 0) is 47.6 Å². The van der Waals surface area contributed by atoms with Crippen LogP contribution in [0.3, 0.4) is 0 Å². The second-order valence-corrected chi connectivity index (χ2v) is 8.52. The molecule has 2 aromatic rings. The minimum absolute atomic E-state index is 0.178. The minimum atomic E-state index is 0.178. The number of benzene rings is 2. The molecule has 3 rings (SSSR count). The topological polar surface area (TPSA) is 53.0 Å². The zero-order chi connectivity index (χ0) is 20.5.